The summed E-state index contributed by atoms with van der Waals surface area (Å²) in [4.78, 5) is 55.2. The van der Waals surface area contributed by atoms with Crippen molar-refractivity contribution in [2.45, 2.75) is 38.3 Å². The molecule has 1 saturated carbocycles. The van der Waals surface area contributed by atoms with E-state index in [1.54, 1.807) is 0 Å². The Labute approximate surface area is 228 Å². The summed E-state index contributed by atoms with van der Waals surface area (Å²) in [5.74, 6) is -1.99. The van der Waals surface area contributed by atoms with Gasteiger partial charge in [-0.15, -0.1) is 0 Å². The summed E-state index contributed by atoms with van der Waals surface area (Å²) in [7, 11) is 0.794. The van der Waals surface area contributed by atoms with Crippen LogP contribution >= 0.6 is 23.4 Å². The van der Waals surface area contributed by atoms with E-state index in [-0.39, 0.29) is 49.4 Å². The van der Waals surface area contributed by atoms with Gasteiger partial charge in [0.15, 0.2) is 5.17 Å². The number of benzene rings is 1. The summed E-state index contributed by atoms with van der Waals surface area (Å²) in [6.07, 6.45) is 0.245. The highest BCUT2D eigenvalue weighted by Crippen LogP contribution is 2.33. The minimum Gasteiger partial charge on any atom is -0.464 e. The van der Waals surface area contributed by atoms with Crippen LogP contribution in [0.2, 0.25) is 5.02 Å². The van der Waals surface area contributed by atoms with Gasteiger partial charge in [-0.25, -0.2) is 18.7 Å². The molecule has 39 heavy (non-hydrogen) atoms. The molecule has 2 aromatic rings. The molecule has 15 heteroatoms. The SMILES string of the molecule is Cn1c(C(F)(F)F)cc(=O)n(-c2cc(N=C3SCC(=O)N3CC(=O)OCC3CCCCC3)c(Cl)cc2F)c1=O. The van der Waals surface area contributed by atoms with Crippen molar-refractivity contribution in [3.63, 3.8) is 0 Å². The van der Waals surface area contributed by atoms with Crippen molar-refractivity contribution in [2.75, 3.05) is 18.9 Å². The Hall–Kier alpha value is -3.13. The molecular formula is C24H23ClF4N4O5S. The molecule has 9 nitrogen and oxygen atoms in total. The second-order valence-electron chi connectivity index (χ2n) is 9.15. The van der Waals surface area contributed by atoms with Gasteiger partial charge < -0.3 is 4.74 Å². The lowest BCUT2D eigenvalue weighted by atomic mass is 9.90. The van der Waals surface area contributed by atoms with E-state index in [9.17, 15) is 36.7 Å². The Morgan fingerprint density at radius 1 is 1.15 bits per heavy atom. The van der Waals surface area contributed by atoms with Gasteiger partial charge in [-0.05, 0) is 30.9 Å². The molecule has 1 aliphatic carbocycles. The molecule has 0 unspecified atom stereocenters. The summed E-state index contributed by atoms with van der Waals surface area (Å²) in [5.41, 5.74) is -5.23. The number of nitrogens with zero attached hydrogens (tertiary/aromatic N) is 4. The molecule has 2 aliphatic rings. The number of ether oxygens (including phenoxy) is 1. The number of aliphatic imine (C=N–C) groups is 1. The van der Waals surface area contributed by atoms with Crippen molar-refractivity contribution in [3.05, 3.63) is 55.6 Å². The minimum atomic E-state index is -4.99. The van der Waals surface area contributed by atoms with Gasteiger partial charge in [0.1, 0.15) is 18.1 Å². The first-order valence-electron chi connectivity index (χ1n) is 11.9. The van der Waals surface area contributed by atoms with Crippen LogP contribution in [0.5, 0.6) is 0 Å². The molecule has 2 fully saturated rings. The summed E-state index contributed by atoms with van der Waals surface area (Å²) in [6.45, 7) is -0.160. The summed E-state index contributed by atoms with van der Waals surface area (Å²) < 4.78 is 60.1. The average molecular weight is 591 g/mol. The smallest absolute Gasteiger partial charge is 0.431 e. The molecule has 0 radical (unpaired) electrons. The van der Waals surface area contributed by atoms with Crippen LogP contribution in [-0.4, -0.2) is 50.0 Å². The second-order valence-corrected chi connectivity index (χ2v) is 10.5. The van der Waals surface area contributed by atoms with Gasteiger partial charge in [-0.1, -0.05) is 42.6 Å². The predicted molar refractivity (Wildman–Crippen MR) is 136 cm³/mol. The zero-order valence-electron chi connectivity index (χ0n) is 20.6. The van der Waals surface area contributed by atoms with Gasteiger partial charge in [0.05, 0.1) is 28.8 Å². The molecule has 1 amide bonds. The van der Waals surface area contributed by atoms with Crippen molar-refractivity contribution >= 4 is 46.1 Å². The highest BCUT2D eigenvalue weighted by Gasteiger charge is 2.35. The number of halogens is 5. The second kappa shape index (κ2) is 11.5. The van der Waals surface area contributed by atoms with Crippen molar-refractivity contribution in [1.82, 2.24) is 14.0 Å². The van der Waals surface area contributed by atoms with Crippen molar-refractivity contribution in [3.8, 4) is 5.69 Å². The Morgan fingerprint density at radius 3 is 2.51 bits per heavy atom. The zero-order chi connectivity index (χ0) is 28.5. The molecule has 4 rings (SSSR count). The number of alkyl halides is 3. The molecule has 1 aromatic carbocycles. The van der Waals surface area contributed by atoms with E-state index < -0.39 is 53.0 Å². The van der Waals surface area contributed by atoms with E-state index in [1.807, 2.05) is 0 Å². The maximum absolute atomic E-state index is 14.8. The molecule has 0 spiro atoms. The number of amidine groups is 1. The topological polar surface area (TPSA) is 103 Å². The van der Waals surface area contributed by atoms with Gasteiger partial charge in [0.2, 0.25) is 5.91 Å². The van der Waals surface area contributed by atoms with Crippen LogP contribution in [0.15, 0.2) is 32.8 Å². The molecular weight excluding hydrogens is 568 g/mol. The van der Waals surface area contributed by atoms with Crippen LogP contribution in [-0.2, 0) is 27.5 Å². The van der Waals surface area contributed by atoms with Gasteiger partial charge in [0, 0.05) is 13.1 Å². The summed E-state index contributed by atoms with van der Waals surface area (Å²) in [6, 6.07) is 1.82. The van der Waals surface area contributed by atoms with Gasteiger partial charge in [0.25, 0.3) is 5.56 Å². The Kier molecular flexibility index (Phi) is 8.54. The highest BCUT2D eigenvalue weighted by molar-refractivity contribution is 8.15. The molecule has 1 aromatic heterocycles. The number of amides is 1. The Balaban J connectivity index is 1.63. The van der Waals surface area contributed by atoms with E-state index >= 15 is 0 Å². The first-order chi connectivity index (χ1) is 18.4. The van der Waals surface area contributed by atoms with Crippen LogP contribution in [0.25, 0.3) is 5.69 Å². The summed E-state index contributed by atoms with van der Waals surface area (Å²) >= 11 is 7.09. The molecule has 0 N–H and O–H groups in total. The fraction of sp³-hybridized carbons (Fsp3) is 0.458. The number of hydrogen-bond acceptors (Lipinski definition) is 7. The Morgan fingerprint density at radius 2 is 1.85 bits per heavy atom. The zero-order valence-corrected chi connectivity index (χ0v) is 22.2. The maximum Gasteiger partial charge on any atom is 0.431 e. The molecule has 0 bridgehead atoms. The predicted octanol–water partition coefficient (Wildman–Crippen LogP) is 4.03. The first kappa shape index (κ1) is 28.9. The molecule has 1 saturated heterocycles. The number of carbonyl (C=O) groups excluding carboxylic acids is 2. The summed E-state index contributed by atoms with van der Waals surface area (Å²) in [5, 5.41) is -0.220. The number of hydrogen-bond donors (Lipinski definition) is 0. The largest absolute Gasteiger partial charge is 0.464 e. The van der Waals surface area contributed by atoms with Gasteiger partial charge >= 0.3 is 17.8 Å². The monoisotopic (exact) mass is 590 g/mol. The standard InChI is InChI=1S/C24H23ClF4N4O5S/c1-31-18(24(27,28)29)9-19(34)33(23(31)37)17-8-16(14(25)7-15(17)26)30-22-32(20(35)12-39-22)10-21(36)38-11-13-5-3-2-4-6-13/h7-9,13H,2-6,10-12H2,1H3. The number of aromatic nitrogens is 2. The number of esters is 1. The van der Waals surface area contributed by atoms with Crippen molar-refractivity contribution < 1.29 is 31.9 Å². The van der Waals surface area contributed by atoms with E-state index in [0.29, 0.717) is 0 Å². The van der Waals surface area contributed by atoms with Crippen molar-refractivity contribution in [1.29, 1.82) is 0 Å². The van der Waals surface area contributed by atoms with Gasteiger partial charge in [-0.3, -0.25) is 23.9 Å². The number of rotatable bonds is 6. The molecule has 0 atom stereocenters. The lowest BCUT2D eigenvalue weighted by molar-refractivity contribution is -0.148. The third kappa shape index (κ3) is 6.38. The number of carbonyl (C=O) groups is 2. The van der Waals surface area contributed by atoms with Crippen LogP contribution < -0.4 is 11.2 Å². The number of thioether (sulfide) groups is 1. The molecule has 210 valence electrons. The van der Waals surface area contributed by atoms with Crippen LogP contribution in [0, 0.1) is 11.7 Å². The fourth-order valence-corrected chi connectivity index (χ4v) is 5.47. The average Bonchev–Trinajstić information content (AvgIpc) is 3.21. The molecule has 2 heterocycles. The lowest BCUT2D eigenvalue weighted by Crippen LogP contribution is -2.41. The third-order valence-electron chi connectivity index (χ3n) is 6.43. The quantitative estimate of drug-likeness (QED) is 0.372. The van der Waals surface area contributed by atoms with E-state index in [0.717, 1.165) is 67.9 Å². The minimum absolute atomic E-state index is 0.0423. The van der Waals surface area contributed by atoms with E-state index in [1.165, 1.54) is 0 Å². The van der Waals surface area contributed by atoms with Crippen molar-refractivity contribution in [2.24, 2.45) is 18.0 Å². The first-order valence-corrected chi connectivity index (χ1v) is 13.3. The van der Waals surface area contributed by atoms with E-state index in [2.05, 4.69) is 4.99 Å². The third-order valence-corrected chi connectivity index (χ3v) is 7.70. The fourth-order valence-electron chi connectivity index (χ4n) is 4.38. The van der Waals surface area contributed by atoms with E-state index in [4.69, 9.17) is 16.3 Å². The van der Waals surface area contributed by atoms with Crippen LogP contribution in [0.4, 0.5) is 23.2 Å². The normalized spacial score (nSPS) is 17.7. The lowest BCUT2D eigenvalue weighted by Gasteiger charge is -2.22. The van der Waals surface area contributed by atoms with Crippen LogP contribution in [0.1, 0.15) is 37.8 Å². The highest BCUT2D eigenvalue weighted by atomic mass is 35.5. The van der Waals surface area contributed by atoms with Crippen LogP contribution in [0.3, 0.4) is 0 Å². The maximum atomic E-state index is 14.8. The molecule has 1 aliphatic heterocycles. The van der Waals surface area contributed by atoms with Gasteiger partial charge in [-0.2, -0.15) is 13.2 Å². The Bertz CT molecular complexity index is 1450.